The first-order valence-electron chi connectivity index (χ1n) is 12.1. The highest BCUT2D eigenvalue weighted by Gasteiger charge is 2.25. The summed E-state index contributed by atoms with van der Waals surface area (Å²) in [4.78, 5) is 19.8. The van der Waals surface area contributed by atoms with Crippen molar-refractivity contribution >= 4 is 26.9 Å². The van der Waals surface area contributed by atoms with Crippen molar-refractivity contribution in [1.29, 1.82) is 0 Å². The Bertz CT molecular complexity index is 1540. The third kappa shape index (κ3) is 4.65. The second-order valence-electron chi connectivity index (χ2n) is 8.93. The van der Waals surface area contributed by atoms with Gasteiger partial charge in [0, 0.05) is 55.1 Å². The van der Waals surface area contributed by atoms with Crippen LogP contribution in [0.25, 0.3) is 33.7 Å². The molecule has 0 spiro atoms. The lowest BCUT2D eigenvalue weighted by Crippen LogP contribution is -2.44. The van der Waals surface area contributed by atoms with Crippen molar-refractivity contribution in [1.82, 2.24) is 24.2 Å². The number of benzene rings is 1. The third-order valence-electron chi connectivity index (χ3n) is 6.68. The van der Waals surface area contributed by atoms with Crippen LogP contribution >= 0.6 is 0 Å². The standard InChI is InChI=1S/C26H30N6O4S/c1-5-31(3)37(33,34)18-6-7-23(35-4)21(14-18)22-15-24(32-12-13-36-16-17(32)2)30-26(29-22)20-9-11-28-25-19(20)8-10-27-25/h6-11,14-15,17H,5,12-13,16H2,1-4H3,(H,27,28)/t17-/m1/s1. The van der Waals surface area contributed by atoms with E-state index in [1.165, 1.54) is 4.31 Å². The van der Waals surface area contributed by atoms with Gasteiger partial charge in [0.1, 0.15) is 17.2 Å². The number of anilines is 1. The summed E-state index contributed by atoms with van der Waals surface area (Å²) in [6, 6.07) is 10.7. The van der Waals surface area contributed by atoms with Crippen molar-refractivity contribution in [2.24, 2.45) is 0 Å². The first-order valence-corrected chi connectivity index (χ1v) is 13.6. The second-order valence-corrected chi connectivity index (χ2v) is 11.0. The molecule has 0 aliphatic carbocycles. The molecule has 1 N–H and O–H groups in total. The maximum Gasteiger partial charge on any atom is 0.242 e. The minimum atomic E-state index is -3.67. The van der Waals surface area contributed by atoms with Crippen LogP contribution in [-0.4, -0.2) is 79.2 Å². The van der Waals surface area contributed by atoms with Gasteiger partial charge in [-0.05, 0) is 37.3 Å². The van der Waals surface area contributed by atoms with Gasteiger partial charge in [-0.3, -0.25) is 0 Å². The fourth-order valence-corrected chi connectivity index (χ4v) is 5.67. The summed E-state index contributed by atoms with van der Waals surface area (Å²) in [6.07, 6.45) is 3.55. The molecule has 0 radical (unpaired) electrons. The number of H-pyrrole nitrogens is 1. The van der Waals surface area contributed by atoms with Crippen LogP contribution in [0.3, 0.4) is 0 Å². The first-order chi connectivity index (χ1) is 17.8. The molecule has 0 amide bonds. The van der Waals surface area contributed by atoms with Gasteiger partial charge >= 0.3 is 0 Å². The predicted molar refractivity (Wildman–Crippen MR) is 142 cm³/mol. The van der Waals surface area contributed by atoms with Crippen molar-refractivity contribution in [2.75, 3.05) is 45.4 Å². The number of morpholine rings is 1. The van der Waals surface area contributed by atoms with E-state index in [2.05, 4.69) is 21.8 Å². The summed E-state index contributed by atoms with van der Waals surface area (Å²) in [5.74, 6) is 1.77. The largest absolute Gasteiger partial charge is 0.496 e. The Labute approximate surface area is 216 Å². The van der Waals surface area contributed by atoms with Crippen molar-refractivity contribution in [3.8, 4) is 28.4 Å². The molecule has 0 unspecified atom stereocenters. The van der Waals surface area contributed by atoms with Gasteiger partial charge < -0.3 is 19.4 Å². The number of hydrogen-bond acceptors (Lipinski definition) is 8. The molecule has 11 heteroatoms. The first kappa shape index (κ1) is 25.1. The van der Waals surface area contributed by atoms with E-state index >= 15 is 0 Å². The fourth-order valence-electron chi connectivity index (χ4n) is 4.46. The molecule has 1 saturated heterocycles. The van der Waals surface area contributed by atoms with E-state index in [9.17, 15) is 8.42 Å². The second kappa shape index (κ2) is 10.1. The Balaban J connectivity index is 1.74. The summed E-state index contributed by atoms with van der Waals surface area (Å²) < 4.78 is 38.9. The van der Waals surface area contributed by atoms with Gasteiger partial charge in [0.25, 0.3) is 0 Å². The lowest BCUT2D eigenvalue weighted by molar-refractivity contribution is 0.0985. The maximum absolute atomic E-state index is 13.1. The number of pyridine rings is 1. The number of nitrogens with zero attached hydrogens (tertiary/aromatic N) is 5. The van der Waals surface area contributed by atoms with Gasteiger partial charge in [-0.15, -0.1) is 0 Å². The van der Waals surface area contributed by atoms with Gasteiger partial charge in [0.15, 0.2) is 5.82 Å². The van der Waals surface area contributed by atoms with E-state index in [4.69, 9.17) is 19.4 Å². The molecule has 0 saturated carbocycles. The fraction of sp³-hybridized carbons (Fsp3) is 0.346. The highest BCUT2D eigenvalue weighted by molar-refractivity contribution is 7.89. The summed E-state index contributed by atoms with van der Waals surface area (Å²) in [5.41, 5.74) is 2.69. The van der Waals surface area contributed by atoms with Crippen LogP contribution in [0, 0.1) is 0 Å². The lowest BCUT2D eigenvalue weighted by Gasteiger charge is -2.34. The number of sulfonamides is 1. The summed E-state index contributed by atoms with van der Waals surface area (Å²) in [6.45, 7) is 6.11. The van der Waals surface area contributed by atoms with Crippen molar-refractivity contribution in [3.63, 3.8) is 0 Å². The highest BCUT2D eigenvalue weighted by atomic mass is 32.2. The van der Waals surface area contributed by atoms with Gasteiger partial charge in [0.2, 0.25) is 10.0 Å². The van der Waals surface area contributed by atoms with Gasteiger partial charge in [-0.2, -0.15) is 0 Å². The minimum absolute atomic E-state index is 0.112. The lowest BCUT2D eigenvalue weighted by atomic mass is 10.1. The number of rotatable bonds is 7. The number of ether oxygens (including phenoxy) is 2. The number of hydrogen-bond donors (Lipinski definition) is 1. The summed E-state index contributed by atoms with van der Waals surface area (Å²) in [5, 5.41) is 0.897. The monoisotopic (exact) mass is 522 g/mol. The smallest absolute Gasteiger partial charge is 0.242 e. The minimum Gasteiger partial charge on any atom is -0.496 e. The molecule has 194 valence electrons. The molecule has 1 fully saturated rings. The molecule has 10 nitrogen and oxygen atoms in total. The Morgan fingerprint density at radius 2 is 2.03 bits per heavy atom. The molecule has 3 aromatic heterocycles. The van der Waals surface area contributed by atoms with E-state index < -0.39 is 10.0 Å². The normalized spacial score (nSPS) is 16.5. The molecule has 5 rings (SSSR count). The zero-order valence-corrected chi connectivity index (χ0v) is 22.1. The Hall–Kier alpha value is -3.54. The van der Waals surface area contributed by atoms with E-state index in [0.717, 1.165) is 22.4 Å². The molecule has 1 aliphatic rings. The molecule has 1 aliphatic heterocycles. The van der Waals surface area contributed by atoms with Gasteiger partial charge in [0.05, 0.1) is 37.0 Å². The Morgan fingerprint density at radius 1 is 1.19 bits per heavy atom. The van der Waals surface area contributed by atoms with E-state index in [1.807, 2.05) is 24.4 Å². The van der Waals surface area contributed by atoms with Crippen LogP contribution < -0.4 is 9.64 Å². The number of aromatic nitrogens is 4. The average Bonchev–Trinajstić information content (AvgIpc) is 3.41. The van der Waals surface area contributed by atoms with E-state index in [0.29, 0.717) is 49.1 Å². The number of aromatic amines is 1. The van der Waals surface area contributed by atoms with Crippen LogP contribution in [-0.2, 0) is 14.8 Å². The molecular weight excluding hydrogens is 492 g/mol. The molecule has 1 aromatic carbocycles. The average molecular weight is 523 g/mol. The van der Waals surface area contributed by atoms with E-state index in [-0.39, 0.29) is 10.9 Å². The van der Waals surface area contributed by atoms with Crippen molar-refractivity contribution in [2.45, 2.75) is 24.8 Å². The van der Waals surface area contributed by atoms with Gasteiger partial charge in [-0.1, -0.05) is 6.92 Å². The summed E-state index contributed by atoms with van der Waals surface area (Å²) in [7, 11) is -0.551. The zero-order valence-electron chi connectivity index (χ0n) is 21.3. The Morgan fingerprint density at radius 3 is 2.78 bits per heavy atom. The molecule has 0 bridgehead atoms. The van der Waals surface area contributed by atoms with Crippen LogP contribution in [0.1, 0.15) is 13.8 Å². The topological polar surface area (TPSA) is 114 Å². The van der Waals surface area contributed by atoms with Crippen LogP contribution in [0.2, 0.25) is 0 Å². The highest BCUT2D eigenvalue weighted by Crippen LogP contribution is 2.36. The van der Waals surface area contributed by atoms with Crippen molar-refractivity contribution in [3.05, 3.63) is 48.8 Å². The molecular formula is C26H30N6O4S. The predicted octanol–water partition coefficient (Wildman–Crippen LogP) is 3.56. The van der Waals surface area contributed by atoms with Crippen LogP contribution in [0.4, 0.5) is 5.82 Å². The molecule has 1 atom stereocenters. The number of nitrogens with one attached hydrogen (secondary N) is 1. The number of methoxy groups -OCH3 is 1. The van der Waals surface area contributed by atoms with Crippen LogP contribution in [0.15, 0.2) is 53.7 Å². The van der Waals surface area contributed by atoms with E-state index in [1.54, 1.807) is 45.5 Å². The van der Waals surface area contributed by atoms with Crippen LogP contribution in [0.5, 0.6) is 5.75 Å². The third-order valence-corrected chi connectivity index (χ3v) is 8.60. The SMILES string of the molecule is CCN(C)S(=O)(=O)c1ccc(OC)c(-c2cc(N3CCOC[C@H]3C)nc(-c3ccnc4[nH]ccc34)n2)c1. The Kier molecular flexibility index (Phi) is 6.84. The maximum atomic E-state index is 13.1. The van der Waals surface area contributed by atoms with Gasteiger partial charge in [-0.25, -0.2) is 27.7 Å². The quantitative estimate of drug-likeness (QED) is 0.392. The molecule has 4 heterocycles. The zero-order chi connectivity index (χ0) is 26.2. The molecule has 37 heavy (non-hydrogen) atoms. The molecule has 4 aromatic rings. The summed E-state index contributed by atoms with van der Waals surface area (Å²) >= 11 is 0. The van der Waals surface area contributed by atoms with Crippen molar-refractivity contribution < 1.29 is 17.9 Å². The number of fused-ring (bicyclic) bond motifs is 1.